The number of hydrogen-bond acceptors (Lipinski definition) is 6. The number of imide groups is 1. The van der Waals surface area contributed by atoms with Crippen LogP contribution in [0.2, 0.25) is 0 Å². The Morgan fingerprint density at radius 2 is 2.05 bits per heavy atom. The van der Waals surface area contributed by atoms with E-state index in [2.05, 4.69) is 20.5 Å². The molecule has 208 valence electrons. The highest BCUT2D eigenvalue weighted by Gasteiger charge is 2.70. The van der Waals surface area contributed by atoms with Crippen molar-refractivity contribution in [3.05, 3.63) is 76.5 Å². The van der Waals surface area contributed by atoms with Gasteiger partial charge in [0.25, 0.3) is 5.91 Å². The van der Waals surface area contributed by atoms with Crippen LogP contribution in [-0.2, 0) is 26.5 Å². The predicted molar refractivity (Wildman–Crippen MR) is 142 cm³/mol. The molecule has 3 aliphatic heterocycles. The number of nitrogens with one attached hydrogen (secondary N) is 2. The van der Waals surface area contributed by atoms with Crippen molar-refractivity contribution < 1.29 is 27.9 Å². The summed E-state index contributed by atoms with van der Waals surface area (Å²) in [7, 11) is 0. The van der Waals surface area contributed by atoms with E-state index >= 15 is 4.39 Å². The van der Waals surface area contributed by atoms with Crippen LogP contribution in [0.15, 0.2) is 42.6 Å². The normalized spacial score (nSPS) is 26.4. The maximum absolute atomic E-state index is 16.1. The highest BCUT2D eigenvalue weighted by atomic mass is 19.1. The summed E-state index contributed by atoms with van der Waals surface area (Å²) in [6.07, 6.45) is 2.71. The number of amides is 3. The number of hydrogen-bond donors (Lipinski definition) is 2. The fraction of sp³-hybridized carbons (Fsp3) is 0.400. The highest BCUT2D eigenvalue weighted by molar-refractivity contribution is 6.01. The van der Waals surface area contributed by atoms with E-state index in [1.807, 2.05) is 6.92 Å². The quantitative estimate of drug-likeness (QED) is 0.360. The lowest BCUT2D eigenvalue weighted by atomic mass is 9.80. The first kappa shape index (κ1) is 26.5. The van der Waals surface area contributed by atoms with Gasteiger partial charge in [0, 0.05) is 49.7 Å². The Morgan fingerprint density at radius 3 is 2.77 bits per heavy atom. The lowest BCUT2D eigenvalue weighted by molar-refractivity contribution is -0.134. The number of benzene rings is 2. The Labute approximate surface area is 230 Å². The third kappa shape index (κ3) is 4.35. The molecule has 3 atom stereocenters. The van der Waals surface area contributed by atoms with Crippen LogP contribution in [0.1, 0.15) is 66.1 Å². The van der Waals surface area contributed by atoms with E-state index in [0.717, 1.165) is 5.56 Å². The number of carbonyl (C=O) groups excluding carboxylic acids is 3. The standard InChI is InChI=1S/C30H30F2N4O4/c1-3-33-27(38)20-5-4-17(12-23(20)31)15-36-11-10-30(29(2,16-36)40-30)22-7-8-24-21(26(22)32)13-18(14-34-24)19-6-9-25(37)35-28(19)39/h4-5,7-8,12-14,19H,3,6,9-11,15-16H2,1-2H3,(H,33,38)(H,35,37,39). The SMILES string of the molecule is CCNC(=O)c1ccc(CN2CCC3(c4ccc5ncc(C6CCC(=O)NC6=O)cc5c4F)OC3(C)C2)cc1F. The van der Waals surface area contributed by atoms with Crippen molar-refractivity contribution >= 4 is 28.6 Å². The van der Waals surface area contributed by atoms with Gasteiger partial charge in [0.1, 0.15) is 22.8 Å². The summed E-state index contributed by atoms with van der Waals surface area (Å²) in [5, 5.41) is 5.27. The number of epoxide rings is 1. The molecule has 3 unspecified atom stereocenters. The van der Waals surface area contributed by atoms with Crippen molar-refractivity contribution in [2.75, 3.05) is 19.6 Å². The summed E-state index contributed by atoms with van der Waals surface area (Å²) in [4.78, 5) is 42.5. The van der Waals surface area contributed by atoms with Crippen molar-refractivity contribution in [2.24, 2.45) is 0 Å². The van der Waals surface area contributed by atoms with Crippen LogP contribution in [0.5, 0.6) is 0 Å². The van der Waals surface area contributed by atoms with E-state index in [1.165, 1.54) is 12.1 Å². The molecule has 3 fully saturated rings. The number of piperidine rings is 2. The number of rotatable bonds is 6. The number of fused-ring (bicyclic) bond motifs is 2. The topological polar surface area (TPSA) is 104 Å². The first-order valence-corrected chi connectivity index (χ1v) is 13.6. The zero-order valence-corrected chi connectivity index (χ0v) is 22.4. The Hall–Kier alpha value is -3.76. The maximum Gasteiger partial charge on any atom is 0.254 e. The lowest BCUT2D eigenvalue weighted by Gasteiger charge is -2.33. The molecule has 1 aromatic heterocycles. The van der Waals surface area contributed by atoms with Gasteiger partial charge in [-0.05, 0) is 62.1 Å². The van der Waals surface area contributed by atoms with Gasteiger partial charge < -0.3 is 10.1 Å². The Morgan fingerprint density at radius 1 is 1.23 bits per heavy atom. The molecular formula is C30H30F2N4O4. The predicted octanol–water partition coefficient (Wildman–Crippen LogP) is 3.67. The minimum Gasteiger partial charge on any atom is -0.356 e. The van der Waals surface area contributed by atoms with E-state index in [4.69, 9.17) is 4.74 Å². The molecule has 0 saturated carbocycles. The molecule has 4 heterocycles. The number of pyridine rings is 1. The van der Waals surface area contributed by atoms with Gasteiger partial charge in [0.05, 0.1) is 17.0 Å². The van der Waals surface area contributed by atoms with Crippen LogP contribution in [0.3, 0.4) is 0 Å². The van der Waals surface area contributed by atoms with Gasteiger partial charge in [-0.3, -0.25) is 29.6 Å². The summed E-state index contributed by atoms with van der Waals surface area (Å²) in [6, 6.07) is 9.80. The molecule has 3 saturated heterocycles. The van der Waals surface area contributed by atoms with E-state index < -0.39 is 40.6 Å². The third-order valence-corrected chi connectivity index (χ3v) is 8.44. The Balaban J connectivity index is 1.21. The molecule has 40 heavy (non-hydrogen) atoms. The van der Waals surface area contributed by atoms with Crippen LogP contribution < -0.4 is 10.6 Å². The minimum absolute atomic E-state index is 0.0165. The first-order chi connectivity index (χ1) is 19.1. The summed E-state index contributed by atoms with van der Waals surface area (Å²) < 4.78 is 37.0. The smallest absolute Gasteiger partial charge is 0.254 e. The molecule has 2 aromatic carbocycles. The van der Waals surface area contributed by atoms with Gasteiger partial charge in [0.15, 0.2) is 0 Å². The maximum atomic E-state index is 16.1. The second-order valence-corrected chi connectivity index (χ2v) is 11.1. The van der Waals surface area contributed by atoms with E-state index in [1.54, 1.807) is 37.4 Å². The molecule has 0 spiro atoms. The fourth-order valence-electron chi connectivity index (χ4n) is 6.32. The van der Waals surface area contributed by atoms with Gasteiger partial charge >= 0.3 is 0 Å². The minimum atomic E-state index is -0.792. The highest BCUT2D eigenvalue weighted by Crippen LogP contribution is 2.61. The summed E-state index contributed by atoms with van der Waals surface area (Å²) >= 11 is 0. The zero-order chi connectivity index (χ0) is 28.2. The van der Waals surface area contributed by atoms with Crippen molar-refractivity contribution in [2.45, 2.75) is 56.8 Å². The van der Waals surface area contributed by atoms with E-state index in [0.29, 0.717) is 61.1 Å². The van der Waals surface area contributed by atoms with Crippen LogP contribution in [0.25, 0.3) is 10.9 Å². The van der Waals surface area contributed by atoms with Gasteiger partial charge in [-0.1, -0.05) is 12.1 Å². The van der Waals surface area contributed by atoms with Crippen LogP contribution in [0, 0.1) is 11.6 Å². The molecule has 0 radical (unpaired) electrons. The van der Waals surface area contributed by atoms with E-state index in [9.17, 15) is 18.8 Å². The number of carbonyl (C=O) groups is 3. The number of aromatic nitrogens is 1. The second kappa shape index (κ2) is 9.71. The van der Waals surface area contributed by atoms with Crippen LogP contribution in [-0.4, -0.2) is 52.8 Å². The lowest BCUT2D eigenvalue weighted by Crippen LogP contribution is -2.44. The molecule has 3 aliphatic rings. The molecule has 6 rings (SSSR count). The molecule has 8 nitrogen and oxygen atoms in total. The fourth-order valence-corrected chi connectivity index (χ4v) is 6.32. The molecule has 2 N–H and O–H groups in total. The Kier molecular flexibility index (Phi) is 6.42. The van der Waals surface area contributed by atoms with Crippen LogP contribution in [0.4, 0.5) is 8.78 Å². The molecule has 0 aliphatic carbocycles. The number of halogens is 2. The molecule has 0 bridgehead atoms. The summed E-state index contributed by atoms with van der Waals surface area (Å²) in [6.45, 7) is 5.77. The average molecular weight is 549 g/mol. The van der Waals surface area contributed by atoms with E-state index in [-0.39, 0.29) is 17.9 Å². The third-order valence-electron chi connectivity index (χ3n) is 8.44. The zero-order valence-electron chi connectivity index (χ0n) is 22.4. The van der Waals surface area contributed by atoms with Gasteiger partial charge in [-0.15, -0.1) is 0 Å². The summed E-state index contributed by atoms with van der Waals surface area (Å²) in [5.74, 6) is -2.67. The number of nitrogens with zero attached hydrogens (tertiary/aromatic N) is 2. The van der Waals surface area contributed by atoms with Gasteiger partial charge in [-0.25, -0.2) is 8.78 Å². The monoisotopic (exact) mass is 548 g/mol. The largest absolute Gasteiger partial charge is 0.356 e. The second-order valence-electron chi connectivity index (χ2n) is 11.1. The number of likely N-dealkylation sites (tertiary alicyclic amines) is 1. The van der Waals surface area contributed by atoms with Gasteiger partial charge in [-0.2, -0.15) is 0 Å². The average Bonchev–Trinajstić information content (AvgIpc) is 3.54. The Bertz CT molecular complexity index is 1560. The molecular weight excluding hydrogens is 518 g/mol. The number of ether oxygens (including phenoxy) is 1. The van der Waals surface area contributed by atoms with Crippen molar-refractivity contribution in [1.29, 1.82) is 0 Å². The first-order valence-electron chi connectivity index (χ1n) is 13.6. The van der Waals surface area contributed by atoms with Crippen molar-refractivity contribution in [3.63, 3.8) is 0 Å². The molecule has 3 aromatic rings. The van der Waals surface area contributed by atoms with Crippen molar-refractivity contribution in [3.8, 4) is 0 Å². The summed E-state index contributed by atoms with van der Waals surface area (Å²) in [5.41, 5.74) is 0.848. The van der Waals surface area contributed by atoms with Crippen molar-refractivity contribution in [1.82, 2.24) is 20.5 Å². The van der Waals surface area contributed by atoms with Crippen LogP contribution >= 0.6 is 0 Å². The molecule has 10 heteroatoms. The van der Waals surface area contributed by atoms with Gasteiger partial charge in [0.2, 0.25) is 11.8 Å². The molecule has 3 amide bonds.